The summed E-state index contributed by atoms with van der Waals surface area (Å²) in [5, 5.41) is 1.91. The van der Waals surface area contributed by atoms with E-state index in [4.69, 9.17) is 28.9 Å². The number of hydrogen-bond acceptors (Lipinski definition) is 4. The Morgan fingerprint density at radius 3 is 2.53 bits per heavy atom. The van der Waals surface area contributed by atoms with Crippen molar-refractivity contribution in [2.24, 2.45) is 0 Å². The Balaban J connectivity index is 2.38. The summed E-state index contributed by atoms with van der Waals surface area (Å²) in [5.74, 6) is 0.777. The van der Waals surface area contributed by atoms with Gasteiger partial charge in [0.15, 0.2) is 0 Å². The van der Waals surface area contributed by atoms with E-state index < -0.39 is 0 Å². The first-order chi connectivity index (χ1) is 8.99. The van der Waals surface area contributed by atoms with Crippen molar-refractivity contribution in [3.8, 4) is 0 Å². The van der Waals surface area contributed by atoms with E-state index in [9.17, 15) is 0 Å². The molecule has 0 radical (unpaired) electrons. The molecule has 1 aromatic heterocycles. The standard InChI is InChI=1S/C13H13Cl2N3S/c1-7(2)11-12(16)17-6-18-13(11)19-8-3-4-9(14)10(15)5-8/h3-7H,1-2H3,(H2,16,17,18). The Kier molecular flexibility index (Phi) is 4.55. The Morgan fingerprint density at radius 1 is 1.16 bits per heavy atom. The molecule has 0 aliphatic carbocycles. The second kappa shape index (κ2) is 5.99. The van der Waals surface area contributed by atoms with Crippen LogP contribution >= 0.6 is 35.0 Å². The normalized spacial score (nSPS) is 11.0. The molecule has 0 amide bonds. The fraction of sp³-hybridized carbons (Fsp3) is 0.231. The van der Waals surface area contributed by atoms with Gasteiger partial charge < -0.3 is 5.73 Å². The molecule has 2 aromatic rings. The number of halogens is 2. The van der Waals surface area contributed by atoms with Crippen molar-refractivity contribution in [1.29, 1.82) is 0 Å². The number of aromatic nitrogens is 2. The molecule has 1 heterocycles. The molecular weight excluding hydrogens is 301 g/mol. The lowest BCUT2D eigenvalue weighted by Crippen LogP contribution is -2.03. The van der Waals surface area contributed by atoms with Crippen LogP contribution in [0.3, 0.4) is 0 Å². The quantitative estimate of drug-likeness (QED) is 0.839. The summed E-state index contributed by atoms with van der Waals surface area (Å²) >= 11 is 13.4. The maximum Gasteiger partial charge on any atom is 0.131 e. The highest BCUT2D eigenvalue weighted by molar-refractivity contribution is 7.99. The number of nitrogen functional groups attached to an aromatic ring is 1. The van der Waals surface area contributed by atoms with Gasteiger partial charge in [0.25, 0.3) is 0 Å². The first kappa shape index (κ1) is 14.4. The Hall–Kier alpha value is -0.970. The second-order valence-corrected chi connectivity index (χ2v) is 6.19. The van der Waals surface area contributed by atoms with Crippen molar-refractivity contribution in [3.63, 3.8) is 0 Å². The summed E-state index contributed by atoms with van der Waals surface area (Å²) in [7, 11) is 0. The summed E-state index contributed by atoms with van der Waals surface area (Å²) in [6.45, 7) is 4.13. The molecule has 3 nitrogen and oxygen atoms in total. The van der Waals surface area contributed by atoms with Crippen molar-refractivity contribution in [3.05, 3.63) is 40.1 Å². The molecule has 0 spiro atoms. The smallest absolute Gasteiger partial charge is 0.131 e. The highest BCUT2D eigenvalue weighted by Crippen LogP contribution is 2.36. The minimum Gasteiger partial charge on any atom is -0.383 e. The minimum absolute atomic E-state index is 0.256. The summed E-state index contributed by atoms with van der Waals surface area (Å²) in [4.78, 5) is 9.31. The zero-order valence-corrected chi connectivity index (χ0v) is 12.9. The third-order valence-electron chi connectivity index (χ3n) is 2.56. The van der Waals surface area contributed by atoms with E-state index in [1.54, 1.807) is 6.07 Å². The highest BCUT2D eigenvalue weighted by atomic mass is 35.5. The first-order valence-electron chi connectivity index (χ1n) is 5.72. The highest BCUT2D eigenvalue weighted by Gasteiger charge is 2.14. The van der Waals surface area contributed by atoms with Gasteiger partial charge in [0.1, 0.15) is 17.2 Å². The van der Waals surface area contributed by atoms with Crippen LogP contribution in [0.1, 0.15) is 25.3 Å². The third-order valence-corrected chi connectivity index (χ3v) is 4.31. The lowest BCUT2D eigenvalue weighted by atomic mass is 10.1. The molecule has 0 aliphatic rings. The topological polar surface area (TPSA) is 51.8 Å². The van der Waals surface area contributed by atoms with Crippen molar-refractivity contribution >= 4 is 40.8 Å². The van der Waals surface area contributed by atoms with E-state index in [-0.39, 0.29) is 5.92 Å². The van der Waals surface area contributed by atoms with Crippen LogP contribution in [0.15, 0.2) is 34.4 Å². The maximum absolute atomic E-state index is 6.01. The molecule has 19 heavy (non-hydrogen) atoms. The van der Waals surface area contributed by atoms with Crippen LogP contribution in [0.4, 0.5) is 5.82 Å². The van der Waals surface area contributed by atoms with E-state index in [1.165, 1.54) is 18.1 Å². The van der Waals surface area contributed by atoms with E-state index >= 15 is 0 Å². The van der Waals surface area contributed by atoms with Gasteiger partial charge in [0.2, 0.25) is 0 Å². The molecule has 0 unspecified atom stereocenters. The van der Waals surface area contributed by atoms with Gasteiger partial charge in [-0.1, -0.05) is 48.8 Å². The Labute approximate surface area is 126 Å². The molecule has 100 valence electrons. The number of benzene rings is 1. The predicted molar refractivity (Wildman–Crippen MR) is 81.1 cm³/mol. The average molecular weight is 314 g/mol. The van der Waals surface area contributed by atoms with Crippen molar-refractivity contribution in [2.45, 2.75) is 29.7 Å². The molecule has 2 rings (SSSR count). The van der Waals surface area contributed by atoms with Crippen molar-refractivity contribution in [2.75, 3.05) is 5.73 Å². The van der Waals surface area contributed by atoms with Gasteiger partial charge >= 0.3 is 0 Å². The molecular formula is C13H13Cl2N3S. The predicted octanol–water partition coefficient (Wildman–Crippen LogP) is 4.64. The van der Waals surface area contributed by atoms with Gasteiger partial charge in [-0.2, -0.15) is 0 Å². The lowest BCUT2D eigenvalue weighted by Gasteiger charge is -2.13. The molecule has 0 fully saturated rings. The lowest BCUT2D eigenvalue weighted by molar-refractivity contribution is 0.808. The Morgan fingerprint density at radius 2 is 1.89 bits per heavy atom. The van der Waals surface area contributed by atoms with Crippen LogP contribution < -0.4 is 5.73 Å². The summed E-state index contributed by atoms with van der Waals surface area (Å²) in [6.07, 6.45) is 1.47. The van der Waals surface area contributed by atoms with Crippen LogP contribution in [0.2, 0.25) is 10.0 Å². The second-order valence-electron chi connectivity index (χ2n) is 4.31. The summed E-state index contributed by atoms with van der Waals surface area (Å²) in [5.41, 5.74) is 6.88. The number of rotatable bonds is 3. The van der Waals surface area contributed by atoms with E-state index in [0.717, 1.165) is 15.5 Å². The molecule has 6 heteroatoms. The van der Waals surface area contributed by atoms with E-state index in [1.807, 2.05) is 12.1 Å². The van der Waals surface area contributed by atoms with Crippen LogP contribution in [0, 0.1) is 0 Å². The fourth-order valence-corrected chi connectivity index (χ4v) is 3.12. The first-order valence-corrected chi connectivity index (χ1v) is 7.29. The molecule has 2 N–H and O–H groups in total. The van der Waals surface area contributed by atoms with Gasteiger partial charge in [-0.25, -0.2) is 9.97 Å². The van der Waals surface area contributed by atoms with Crippen molar-refractivity contribution < 1.29 is 0 Å². The van der Waals surface area contributed by atoms with Gasteiger partial charge in [-0.15, -0.1) is 0 Å². The SMILES string of the molecule is CC(C)c1c(N)ncnc1Sc1ccc(Cl)c(Cl)c1. The Bertz CT molecular complexity index is 602. The van der Waals surface area contributed by atoms with Gasteiger partial charge in [-0.3, -0.25) is 0 Å². The van der Waals surface area contributed by atoms with Crippen LogP contribution in [0.25, 0.3) is 0 Å². The van der Waals surface area contributed by atoms with Crippen LogP contribution in [-0.2, 0) is 0 Å². The molecule has 0 bridgehead atoms. The minimum atomic E-state index is 0.256. The number of nitrogens with two attached hydrogens (primary N) is 1. The molecule has 0 saturated heterocycles. The molecule has 0 aliphatic heterocycles. The van der Waals surface area contributed by atoms with Crippen LogP contribution in [0.5, 0.6) is 0 Å². The van der Waals surface area contributed by atoms with E-state index in [0.29, 0.717) is 15.9 Å². The molecule has 0 atom stereocenters. The molecule has 0 saturated carbocycles. The van der Waals surface area contributed by atoms with Gasteiger partial charge in [0, 0.05) is 10.5 Å². The zero-order chi connectivity index (χ0) is 14.0. The summed E-state index contributed by atoms with van der Waals surface area (Å²) < 4.78 is 0. The molecule has 1 aromatic carbocycles. The summed E-state index contributed by atoms with van der Waals surface area (Å²) in [6, 6.07) is 5.49. The average Bonchev–Trinajstić information content (AvgIpc) is 2.33. The number of nitrogens with zero attached hydrogens (tertiary/aromatic N) is 2. The largest absolute Gasteiger partial charge is 0.383 e. The van der Waals surface area contributed by atoms with Crippen molar-refractivity contribution in [1.82, 2.24) is 9.97 Å². The third kappa shape index (κ3) is 3.32. The number of anilines is 1. The maximum atomic E-state index is 6.01. The van der Waals surface area contributed by atoms with Gasteiger partial charge in [-0.05, 0) is 24.1 Å². The number of hydrogen-bond donors (Lipinski definition) is 1. The van der Waals surface area contributed by atoms with Crippen LogP contribution in [-0.4, -0.2) is 9.97 Å². The zero-order valence-electron chi connectivity index (χ0n) is 10.5. The monoisotopic (exact) mass is 313 g/mol. The van der Waals surface area contributed by atoms with Gasteiger partial charge in [0.05, 0.1) is 10.0 Å². The van der Waals surface area contributed by atoms with E-state index in [2.05, 4.69) is 23.8 Å². The fourth-order valence-electron chi connectivity index (χ4n) is 1.67.